The van der Waals surface area contributed by atoms with E-state index in [0.717, 1.165) is 30.2 Å². The van der Waals surface area contributed by atoms with Gasteiger partial charge in [0, 0.05) is 36.5 Å². The van der Waals surface area contributed by atoms with Crippen LogP contribution in [-0.4, -0.2) is 77.3 Å². The van der Waals surface area contributed by atoms with Gasteiger partial charge in [-0.05, 0) is 45.0 Å². The van der Waals surface area contributed by atoms with E-state index in [1.165, 1.54) is 7.11 Å². The molecule has 1 aromatic carbocycles. The molecule has 2 heterocycles. The van der Waals surface area contributed by atoms with Gasteiger partial charge in [-0.15, -0.1) is 0 Å². The van der Waals surface area contributed by atoms with Crippen molar-refractivity contribution in [2.45, 2.75) is 26.9 Å². The van der Waals surface area contributed by atoms with Gasteiger partial charge in [-0.2, -0.15) is 4.98 Å². The molecule has 12 heteroatoms. The largest absolute Gasteiger partial charge is 0.493 e. The molecule has 1 amide bonds. The average molecular weight is 520 g/mol. The predicted octanol–water partition coefficient (Wildman–Crippen LogP) is 2.46. The van der Waals surface area contributed by atoms with E-state index in [-0.39, 0.29) is 23.9 Å². The topological polar surface area (TPSA) is 143 Å². The van der Waals surface area contributed by atoms with Crippen LogP contribution in [0.25, 0.3) is 22.8 Å². The number of ether oxygens (including phenoxy) is 2. The fourth-order valence-corrected chi connectivity index (χ4v) is 3.72. The number of carbonyl (C=O) groups excluding carboxylic acids is 1. The van der Waals surface area contributed by atoms with Crippen LogP contribution in [-0.2, 0) is 4.79 Å². The molecule has 3 rings (SSSR count). The van der Waals surface area contributed by atoms with Crippen LogP contribution < -0.4 is 19.7 Å². The van der Waals surface area contributed by atoms with Gasteiger partial charge in [0.05, 0.1) is 12.1 Å². The number of pyridine rings is 1. The van der Waals surface area contributed by atoms with E-state index in [9.17, 15) is 9.90 Å². The molecule has 2 aromatic heterocycles. The van der Waals surface area contributed by atoms with E-state index in [2.05, 4.69) is 39.2 Å². The lowest BCUT2D eigenvalue weighted by Crippen LogP contribution is -2.36. The van der Waals surface area contributed by atoms with E-state index in [4.69, 9.17) is 30.7 Å². The highest BCUT2D eigenvalue weighted by atomic mass is 35.5. The Balaban J connectivity index is 1.81. The molecular weight excluding hydrogens is 490 g/mol. The quantitative estimate of drug-likeness (QED) is 0.326. The van der Waals surface area contributed by atoms with E-state index in [1.807, 2.05) is 19.1 Å². The number of benzene rings is 1. The molecule has 0 spiro atoms. The monoisotopic (exact) mass is 519 g/mol. The molecule has 0 saturated carbocycles. The Morgan fingerprint density at radius 1 is 1.19 bits per heavy atom. The lowest BCUT2D eigenvalue weighted by Gasteiger charge is -2.20. The molecular formula is C24H30ClN5O6. The molecule has 194 valence electrons. The normalized spacial score (nSPS) is 11.8. The zero-order chi connectivity index (χ0) is 26.2. The number of amides is 1. The van der Waals surface area contributed by atoms with Gasteiger partial charge in [0.25, 0.3) is 5.89 Å². The number of carbonyl (C=O) groups is 1. The van der Waals surface area contributed by atoms with Crippen LogP contribution >= 0.6 is 11.6 Å². The summed E-state index contributed by atoms with van der Waals surface area (Å²) in [5.41, 5.74) is 2.13. The van der Waals surface area contributed by atoms with Gasteiger partial charge in [0.2, 0.25) is 11.7 Å². The van der Waals surface area contributed by atoms with Gasteiger partial charge in [-0.3, -0.25) is 4.79 Å². The van der Waals surface area contributed by atoms with E-state index in [0.29, 0.717) is 23.0 Å². The van der Waals surface area contributed by atoms with Gasteiger partial charge < -0.3 is 34.4 Å². The van der Waals surface area contributed by atoms with Crippen LogP contribution in [0.15, 0.2) is 28.8 Å². The summed E-state index contributed by atoms with van der Waals surface area (Å²) in [4.78, 5) is 22.4. The van der Waals surface area contributed by atoms with Crippen LogP contribution in [0.3, 0.4) is 0 Å². The molecule has 0 saturated heterocycles. The Bertz CT molecular complexity index is 1180. The highest BCUT2D eigenvalue weighted by Crippen LogP contribution is 2.39. The standard InChI is InChI=1S/C24H30ClN5O6/c1-5-30(6-2)20-10-16(7-14(3)27-20)24-28-23(29-36-24)15-8-18(25)22(19(9-15)34-4)35-13-17(32)11-26-21(33)12-31/h7-10,17,31-32H,5-6,11-13H2,1-4H3,(H,26,33)/t17-/m0/s1. The average Bonchev–Trinajstić information content (AvgIpc) is 3.37. The van der Waals surface area contributed by atoms with Gasteiger partial charge >= 0.3 is 0 Å². The first kappa shape index (κ1) is 27.2. The number of aromatic nitrogens is 3. The van der Waals surface area contributed by atoms with E-state index in [1.54, 1.807) is 12.1 Å². The van der Waals surface area contributed by atoms with Crippen molar-refractivity contribution in [3.8, 4) is 34.3 Å². The second-order valence-corrected chi connectivity index (χ2v) is 8.27. The Hall–Kier alpha value is -3.41. The summed E-state index contributed by atoms with van der Waals surface area (Å²) in [6, 6.07) is 7.04. The molecule has 1 atom stereocenters. The second-order valence-electron chi connectivity index (χ2n) is 7.87. The molecule has 11 nitrogen and oxygen atoms in total. The first-order valence-corrected chi connectivity index (χ1v) is 11.8. The fourth-order valence-electron chi connectivity index (χ4n) is 3.46. The van der Waals surface area contributed by atoms with E-state index < -0.39 is 18.6 Å². The number of hydrogen-bond donors (Lipinski definition) is 3. The summed E-state index contributed by atoms with van der Waals surface area (Å²) >= 11 is 6.44. The maximum atomic E-state index is 11.1. The third kappa shape index (κ3) is 6.62. The number of rotatable bonds is 12. The number of hydrogen-bond acceptors (Lipinski definition) is 10. The van der Waals surface area contributed by atoms with Crippen LogP contribution in [0, 0.1) is 6.92 Å². The van der Waals surface area contributed by atoms with Crippen molar-refractivity contribution < 1.29 is 29.0 Å². The van der Waals surface area contributed by atoms with Crippen molar-refractivity contribution >= 4 is 23.3 Å². The minimum Gasteiger partial charge on any atom is -0.493 e. The van der Waals surface area contributed by atoms with Crippen LogP contribution in [0.4, 0.5) is 5.82 Å². The zero-order valence-corrected chi connectivity index (χ0v) is 21.4. The number of nitrogens with zero attached hydrogens (tertiary/aromatic N) is 4. The Morgan fingerprint density at radius 3 is 2.61 bits per heavy atom. The fraction of sp³-hybridized carbons (Fsp3) is 0.417. The highest BCUT2D eigenvalue weighted by Gasteiger charge is 2.19. The molecule has 0 aliphatic rings. The summed E-state index contributed by atoms with van der Waals surface area (Å²) in [6.45, 7) is 6.78. The predicted molar refractivity (Wildman–Crippen MR) is 134 cm³/mol. The minimum absolute atomic E-state index is 0.0898. The molecule has 3 N–H and O–H groups in total. The van der Waals surface area contributed by atoms with Gasteiger partial charge in [0.15, 0.2) is 11.5 Å². The van der Waals surface area contributed by atoms with Gasteiger partial charge in [-0.25, -0.2) is 4.98 Å². The first-order valence-electron chi connectivity index (χ1n) is 11.4. The molecule has 0 aliphatic heterocycles. The van der Waals surface area contributed by atoms with Crippen molar-refractivity contribution in [2.24, 2.45) is 0 Å². The number of methoxy groups -OCH3 is 1. The van der Waals surface area contributed by atoms with Crippen LogP contribution in [0.1, 0.15) is 19.5 Å². The second kappa shape index (κ2) is 12.5. The van der Waals surface area contributed by atoms with Gasteiger partial charge in [-0.1, -0.05) is 16.8 Å². The third-order valence-electron chi connectivity index (χ3n) is 5.29. The molecule has 36 heavy (non-hydrogen) atoms. The van der Waals surface area contributed by atoms with Crippen molar-refractivity contribution in [3.05, 3.63) is 35.0 Å². The van der Waals surface area contributed by atoms with Crippen LogP contribution in [0.2, 0.25) is 5.02 Å². The Kier molecular flexibility index (Phi) is 9.45. The smallest absolute Gasteiger partial charge is 0.258 e. The maximum Gasteiger partial charge on any atom is 0.258 e. The summed E-state index contributed by atoms with van der Waals surface area (Å²) in [5.74, 6) is 1.40. The first-order chi connectivity index (χ1) is 17.3. The molecule has 0 fully saturated rings. The number of aliphatic hydroxyl groups excluding tert-OH is 2. The van der Waals surface area contributed by atoms with Crippen molar-refractivity contribution in [2.75, 3.05) is 44.9 Å². The molecule has 0 radical (unpaired) electrons. The summed E-state index contributed by atoms with van der Waals surface area (Å²) in [7, 11) is 1.45. The maximum absolute atomic E-state index is 11.1. The lowest BCUT2D eigenvalue weighted by molar-refractivity contribution is -0.124. The number of aryl methyl sites for hydroxylation is 1. The Labute approximate surface area is 214 Å². The third-order valence-corrected chi connectivity index (χ3v) is 5.57. The summed E-state index contributed by atoms with van der Waals surface area (Å²) in [5, 5.41) is 25.4. The SMILES string of the molecule is CCN(CC)c1cc(-c2nc(-c3cc(Cl)c(OC[C@@H](O)CNC(=O)CO)c(OC)c3)no2)cc(C)n1. The number of nitrogens with one attached hydrogen (secondary N) is 1. The molecule has 0 unspecified atom stereocenters. The number of halogens is 1. The lowest BCUT2D eigenvalue weighted by atomic mass is 10.2. The van der Waals surface area contributed by atoms with Gasteiger partial charge in [0.1, 0.15) is 25.1 Å². The van der Waals surface area contributed by atoms with E-state index >= 15 is 0 Å². The number of aliphatic hydroxyl groups is 2. The molecule has 0 aliphatic carbocycles. The highest BCUT2D eigenvalue weighted by molar-refractivity contribution is 6.32. The van der Waals surface area contributed by atoms with Crippen molar-refractivity contribution in [3.63, 3.8) is 0 Å². The van der Waals surface area contributed by atoms with Crippen molar-refractivity contribution in [1.29, 1.82) is 0 Å². The Morgan fingerprint density at radius 2 is 1.94 bits per heavy atom. The summed E-state index contributed by atoms with van der Waals surface area (Å²) in [6.07, 6.45) is -1.02. The minimum atomic E-state index is -1.02. The summed E-state index contributed by atoms with van der Waals surface area (Å²) < 4.78 is 16.6. The molecule has 3 aromatic rings. The van der Waals surface area contributed by atoms with Crippen LogP contribution in [0.5, 0.6) is 11.5 Å². The zero-order valence-electron chi connectivity index (χ0n) is 20.6. The number of anilines is 1. The van der Waals surface area contributed by atoms with Crippen molar-refractivity contribution in [1.82, 2.24) is 20.4 Å². The molecule has 0 bridgehead atoms.